The number of rotatable bonds is 4. The standard InChI is InChI=1S/C4H4F6I.BF4/c5-1(6)3(9)11-4(10)2(7)8;2-1(3,4)5/h1-4H;/q+1;-1. The van der Waals surface area contributed by atoms with E-state index in [1.165, 1.54) is 0 Å². The second kappa shape index (κ2) is 8.22. The highest BCUT2D eigenvalue weighted by Gasteiger charge is 2.44. The lowest BCUT2D eigenvalue weighted by atomic mass is 10.3. The summed E-state index contributed by atoms with van der Waals surface area (Å²) in [5.41, 5.74) is 0. The van der Waals surface area contributed by atoms with Gasteiger partial charge in [-0.3, -0.25) is 0 Å². The van der Waals surface area contributed by atoms with Gasteiger partial charge in [0.15, 0.2) is 0 Å². The van der Waals surface area contributed by atoms with E-state index >= 15 is 0 Å². The lowest BCUT2D eigenvalue weighted by Gasteiger charge is -1.96. The smallest absolute Gasteiger partial charge is 0.418 e. The maximum absolute atomic E-state index is 11.9. The van der Waals surface area contributed by atoms with Crippen LogP contribution in [0, 0.1) is 0 Å². The molecule has 0 amide bonds. The first-order chi connectivity index (χ1) is 6.95. The zero-order valence-corrected chi connectivity index (χ0v) is 9.20. The van der Waals surface area contributed by atoms with Crippen molar-refractivity contribution in [1.29, 1.82) is 0 Å². The van der Waals surface area contributed by atoms with Gasteiger partial charge in [0.25, 0.3) is 0 Å². The minimum absolute atomic E-state index is 2.41. The number of hydrogen-bond acceptors (Lipinski definition) is 0. The minimum atomic E-state index is -6.00. The fourth-order valence-electron chi connectivity index (χ4n) is 0.225. The Hall–Kier alpha value is 0.0949. The molecule has 0 aromatic rings. The largest absolute Gasteiger partial charge is 0.673 e. The van der Waals surface area contributed by atoms with Gasteiger partial charge in [-0.25, -0.2) is 17.6 Å². The molecule has 0 aromatic carbocycles. The van der Waals surface area contributed by atoms with Crippen LogP contribution in [0.25, 0.3) is 0 Å². The molecule has 0 rings (SSSR count). The second-order valence-electron chi connectivity index (χ2n) is 1.96. The van der Waals surface area contributed by atoms with Gasteiger partial charge in [-0.15, -0.1) is 0 Å². The van der Waals surface area contributed by atoms with E-state index in [0.29, 0.717) is 0 Å². The Morgan fingerprint density at radius 3 is 0.938 bits per heavy atom. The van der Waals surface area contributed by atoms with Crippen molar-refractivity contribution >= 4 is 7.25 Å². The van der Waals surface area contributed by atoms with E-state index in [9.17, 15) is 43.6 Å². The highest BCUT2D eigenvalue weighted by Crippen LogP contribution is 2.06. The van der Waals surface area contributed by atoms with Crippen LogP contribution in [0.1, 0.15) is 0 Å². The average molecular weight is 380 g/mol. The summed E-state index contributed by atoms with van der Waals surface area (Å²) in [7, 11) is -6.00. The second-order valence-corrected chi connectivity index (χ2v) is 5.06. The fraction of sp³-hybridized carbons (Fsp3) is 1.00. The Balaban J connectivity index is 0. The molecule has 0 bridgehead atoms. The average Bonchev–Trinajstić information content (AvgIpc) is 2.00. The summed E-state index contributed by atoms with van der Waals surface area (Å²) in [5.74, 6) is 0. The van der Waals surface area contributed by atoms with Crippen LogP contribution in [0.15, 0.2) is 0 Å². The Morgan fingerprint density at radius 2 is 0.812 bits per heavy atom. The molecule has 0 radical (unpaired) electrons. The summed E-state index contributed by atoms with van der Waals surface area (Å²) in [6.07, 6.45) is -6.69. The lowest BCUT2D eigenvalue weighted by Crippen LogP contribution is -3.68. The van der Waals surface area contributed by atoms with Crippen molar-refractivity contribution in [3.05, 3.63) is 0 Å². The first-order valence-electron chi connectivity index (χ1n) is 3.29. The van der Waals surface area contributed by atoms with Crippen LogP contribution >= 0.6 is 0 Å². The molecule has 16 heavy (non-hydrogen) atoms. The van der Waals surface area contributed by atoms with Gasteiger partial charge in [0, 0.05) is 0 Å². The van der Waals surface area contributed by atoms with Gasteiger partial charge in [-0.2, -0.15) is 8.78 Å². The van der Waals surface area contributed by atoms with Crippen molar-refractivity contribution in [3.63, 3.8) is 0 Å². The van der Waals surface area contributed by atoms with Crippen molar-refractivity contribution in [2.75, 3.05) is 0 Å². The monoisotopic (exact) mass is 380 g/mol. The van der Waals surface area contributed by atoms with E-state index in [1.54, 1.807) is 0 Å². The molecule has 2 unspecified atom stereocenters. The maximum Gasteiger partial charge on any atom is 0.673 e. The summed E-state index contributed by atoms with van der Waals surface area (Å²) in [4.78, 5) is 0. The topological polar surface area (TPSA) is 0 Å². The van der Waals surface area contributed by atoms with Crippen LogP contribution in [-0.2, 0) is 0 Å². The molecule has 0 fully saturated rings. The van der Waals surface area contributed by atoms with Crippen LogP contribution < -0.4 is 21.2 Å². The molecule has 0 heterocycles. The van der Waals surface area contributed by atoms with E-state index in [-0.39, 0.29) is 0 Å². The van der Waals surface area contributed by atoms with Crippen LogP contribution in [0.3, 0.4) is 0 Å². The molecular formula is C4H4BF10I. The first kappa shape index (κ1) is 18.5. The number of halogens is 11. The van der Waals surface area contributed by atoms with E-state index in [0.717, 1.165) is 0 Å². The molecule has 0 aliphatic rings. The SMILES string of the molecule is FC(F)C(F)[I+]C(F)C(F)F.F[B-](F)(F)F. The Labute approximate surface area is 93.7 Å². The zero-order valence-electron chi connectivity index (χ0n) is 7.04. The van der Waals surface area contributed by atoms with Crippen molar-refractivity contribution in [2.24, 2.45) is 0 Å². The van der Waals surface area contributed by atoms with Crippen LogP contribution in [0.4, 0.5) is 43.6 Å². The summed E-state index contributed by atoms with van der Waals surface area (Å²) in [6, 6.07) is 0. The first-order valence-corrected chi connectivity index (χ1v) is 5.78. The van der Waals surface area contributed by atoms with Crippen molar-refractivity contribution in [3.8, 4) is 0 Å². The van der Waals surface area contributed by atoms with Crippen LogP contribution in [0.2, 0.25) is 0 Å². The van der Waals surface area contributed by atoms with Gasteiger partial charge in [0.2, 0.25) is 0 Å². The molecule has 0 saturated carbocycles. The Morgan fingerprint density at radius 1 is 0.625 bits per heavy atom. The van der Waals surface area contributed by atoms with E-state index < -0.39 is 49.7 Å². The van der Waals surface area contributed by atoms with Crippen LogP contribution in [0.5, 0.6) is 0 Å². The molecule has 100 valence electrons. The predicted molar refractivity (Wildman–Crippen MR) is 32.0 cm³/mol. The van der Waals surface area contributed by atoms with Crippen molar-refractivity contribution < 1.29 is 64.8 Å². The normalized spacial score (nSPS) is 15.8. The van der Waals surface area contributed by atoms with Crippen LogP contribution in [-0.4, -0.2) is 28.5 Å². The molecule has 2 atom stereocenters. The third-order valence-corrected chi connectivity index (χ3v) is 3.08. The minimum Gasteiger partial charge on any atom is -0.418 e. The third-order valence-electron chi connectivity index (χ3n) is 0.622. The molecular weight excluding hydrogens is 376 g/mol. The fourth-order valence-corrected chi connectivity index (χ4v) is 1.51. The Kier molecular flexibility index (Phi) is 9.49. The van der Waals surface area contributed by atoms with Crippen molar-refractivity contribution in [2.45, 2.75) is 21.2 Å². The van der Waals surface area contributed by atoms with Gasteiger partial charge in [-0.05, 0) is 0 Å². The molecule has 0 spiro atoms. The zero-order chi connectivity index (χ0) is 13.5. The van der Waals surface area contributed by atoms with E-state index in [1.807, 2.05) is 0 Å². The van der Waals surface area contributed by atoms with Gasteiger partial charge in [-0.1, -0.05) is 0 Å². The molecule has 0 N–H and O–H groups in total. The molecule has 0 saturated heterocycles. The van der Waals surface area contributed by atoms with Gasteiger partial charge >= 0.3 is 49.7 Å². The highest BCUT2D eigenvalue weighted by molar-refractivity contribution is 6.50. The summed E-state index contributed by atoms with van der Waals surface area (Å²) < 4.78 is 103. The molecule has 0 aliphatic carbocycles. The molecule has 0 nitrogen and oxygen atoms in total. The molecule has 12 heteroatoms. The quantitative estimate of drug-likeness (QED) is 0.289. The lowest BCUT2D eigenvalue weighted by molar-refractivity contribution is -0.777. The third kappa shape index (κ3) is 16.5. The predicted octanol–water partition coefficient (Wildman–Crippen LogP) is 0.497. The van der Waals surface area contributed by atoms with Gasteiger partial charge in [0.1, 0.15) is 0 Å². The van der Waals surface area contributed by atoms with E-state index in [4.69, 9.17) is 0 Å². The maximum atomic E-state index is 11.9. The van der Waals surface area contributed by atoms with Crippen molar-refractivity contribution in [1.82, 2.24) is 0 Å². The summed E-state index contributed by atoms with van der Waals surface area (Å²) >= 11 is -2.41. The van der Waals surface area contributed by atoms with Gasteiger partial charge < -0.3 is 17.3 Å². The summed E-state index contributed by atoms with van der Waals surface area (Å²) in [5, 5.41) is 0. The van der Waals surface area contributed by atoms with Gasteiger partial charge in [0.05, 0.1) is 0 Å². The molecule has 0 aromatic heterocycles. The Bertz CT molecular complexity index is 153. The molecule has 0 aliphatic heterocycles. The van der Waals surface area contributed by atoms with E-state index in [2.05, 4.69) is 0 Å². The highest BCUT2D eigenvalue weighted by atomic mass is 127. The summed E-state index contributed by atoms with van der Waals surface area (Å²) in [6.45, 7) is 0. The number of alkyl halides is 8. The number of hydrogen-bond donors (Lipinski definition) is 0.